The normalized spacial score (nSPS) is 11.2. The van der Waals surface area contributed by atoms with E-state index in [1.165, 1.54) is 6.07 Å². The average Bonchev–Trinajstić information content (AvgIpc) is 2.61. The van der Waals surface area contributed by atoms with Crippen LogP contribution < -0.4 is 10.0 Å². The van der Waals surface area contributed by atoms with Crippen molar-refractivity contribution in [2.24, 2.45) is 5.73 Å². The van der Waals surface area contributed by atoms with Crippen LogP contribution in [0.25, 0.3) is 11.4 Å². The van der Waals surface area contributed by atoms with Crippen LogP contribution in [0, 0.1) is 6.08 Å². The smallest absolute Gasteiger partial charge is 0.310 e. The third-order valence-electron chi connectivity index (χ3n) is 3.41. The fourth-order valence-electron chi connectivity index (χ4n) is 2.30. The summed E-state index contributed by atoms with van der Waals surface area (Å²) in [5.41, 5.74) is 5.66. The fraction of sp³-hybridized carbons (Fsp3) is 0.0625. The Kier molecular flexibility index (Phi) is 4.77. The van der Waals surface area contributed by atoms with Crippen LogP contribution >= 0.6 is 0 Å². The van der Waals surface area contributed by atoms with Crippen LogP contribution in [0.3, 0.4) is 0 Å². The van der Waals surface area contributed by atoms with Crippen molar-refractivity contribution in [1.29, 1.82) is 0 Å². The lowest BCUT2D eigenvalue weighted by molar-refractivity contribution is 0.100. The van der Waals surface area contributed by atoms with Gasteiger partial charge in [-0.3, -0.25) is 4.79 Å². The summed E-state index contributed by atoms with van der Waals surface area (Å²) in [6.07, 6.45) is 1.88. The summed E-state index contributed by atoms with van der Waals surface area (Å²) in [4.78, 5) is 26.8. The average molecular weight is 388 g/mol. The first-order valence-electron chi connectivity index (χ1n) is 7.48. The van der Waals surface area contributed by atoms with E-state index in [4.69, 9.17) is 5.73 Å². The number of anilines is 2. The van der Waals surface area contributed by atoms with E-state index in [9.17, 15) is 17.6 Å². The summed E-state index contributed by atoms with van der Waals surface area (Å²) in [5.74, 6) is -1.46. The van der Waals surface area contributed by atoms with Crippen molar-refractivity contribution >= 4 is 27.6 Å². The highest BCUT2D eigenvalue weighted by Crippen LogP contribution is 2.29. The Balaban J connectivity index is 2.28. The molecule has 3 aromatic rings. The molecule has 0 aliphatic rings. The second kappa shape index (κ2) is 7.03. The van der Waals surface area contributed by atoms with E-state index in [1.807, 2.05) is 0 Å². The molecule has 0 radical (unpaired) electrons. The summed E-state index contributed by atoms with van der Waals surface area (Å²) in [5, 5.41) is 0. The molecular formula is C16H13FN6O3S. The number of nitrogens with two attached hydrogens (primary N) is 1. The Morgan fingerprint density at radius 1 is 1.11 bits per heavy atom. The Morgan fingerprint density at radius 3 is 2.41 bits per heavy atom. The molecule has 0 saturated heterocycles. The van der Waals surface area contributed by atoms with Crippen LogP contribution in [0.2, 0.25) is 0 Å². The summed E-state index contributed by atoms with van der Waals surface area (Å²) in [6, 6.07) is 9.85. The molecule has 2 heterocycles. The van der Waals surface area contributed by atoms with E-state index in [0.717, 1.165) is 18.6 Å². The van der Waals surface area contributed by atoms with Crippen molar-refractivity contribution in [2.45, 2.75) is 0 Å². The Hall–Kier alpha value is -3.47. The van der Waals surface area contributed by atoms with Gasteiger partial charge in [0.15, 0.2) is 17.5 Å². The molecule has 0 unspecified atom stereocenters. The molecule has 0 bridgehead atoms. The number of halogens is 1. The number of rotatable bonds is 5. The first-order chi connectivity index (χ1) is 12.8. The molecule has 27 heavy (non-hydrogen) atoms. The van der Waals surface area contributed by atoms with Gasteiger partial charge in [0.2, 0.25) is 10.0 Å². The first kappa shape index (κ1) is 18.3. The standard InChI is InChI=1S/C16H13FN6O3S/c1-27(25,26)23(12-7-8-19-16(17)21-12)15-11(13(18)24)9-20-14(22-15)10-5-3-2-4-6-10/h2-9H,1H3,(H2,18,24). The van der Waals surface area contributed by atoms with Crippen molar-refractivity contribution in [1.82, 2.24) is 19.9 Å². The summed E-state index contributed by atoms with van der Waals surface area (Å²) in [6.45, 7) is 0. The van der Waals surface area contributed by atoms with Crippen LogP contribution in [0.5, 0.6) is 0 Å². The van der Waals surface area contributed by atoms with E-state index < -0.39 is 22.0 Å². The maximum absolute atomic E-state index is 13.5. The van der Waals surface area contributed by atoms with E-state index >= 15 is 0 Å². The largest absolute Gasteiger partial charge is 0.365 e. The maximum atomic E-state index is 13.5. The van der Waals surface area contributed by atoms with Gasteiger partial charge >= 0.3 is 6.08 Å². The number of primary amides is 1. The minimum atomic E-state index is -4.06. The van der Waals surface area contributed by atoms with Gasteiger partial charge in [-0.25, -0.2) is 27.7 Å². The van der Waals surface area contributed by atoms with Gasteiger partial charge in [-0.15, -0.1) is 0 Å². The van der Waals surface area contributed by atoms with Crippen LogP contribution in [0.1, 0.15) is 10.4 Å². The van der Waals surface area contributed by atoms with Gasteiger partial charge in [0.1, 0.15) is 5.56 Å². The highest BCUT2D eigenvalue weighted by atomic mass is 32.2. The zero-order chi connectivity index (χ0) is 19.6. The van der Waals surface area contributed by atoms with Gasteiger partial charge in [0.05, 0.1) is 6.26 Å². The highest BCUT2D eigenvalue weighted by Gasteiger charge is 2.28. The van der Waals surface area contributed by atoms with Crippen molar-refractivity contribution in [3.63, 3.8) is 0 Å². The van der Waals surface area contributed by atoms with Gasteiger partial charge in [0, 0.05) is 24.0 Å². The monoisotopic (exact) mass is 388 g/mol. The summed E-state index contributed by atoms with van der Waals surface area (Å²) < 4.78 is 38.9. The van der Waals surface area contributed by atoms with E-state index in [1.54, 1.807) is 30.3 Å². The number of amides is 1. The zero-order valence-electron chi connectivity index (χ0n) is 13.9. The summed E-state index contributed by atoms with van der Waals surface area (Å²) >= 11 is 0. The number of hydrogen-bond donors (Lipinski definition) is 1. The molecular weight excluding hydrogens is 375 g/mol. The van der Waals surface area contributed by atoms with Crippen LogP contribution in [-0.4, -0.2) is 40.5 Å². The second-order valence-corrected chi connectivity index (χ2v) is 7.20. The van der Waals surface area contributed by atoms with Gasteiger partial charge in [-0.2, -0.15) is 9.37 Å². The predicted molar refractivity (Wildman–Crippen MR) is 95.0 cm³/mol. The van der Waals surface area contributed by atoms with Gasteiger partial charge < -0.3 is 5.73 Å². The van der Waals surface area contributed by atoms with Crippen molar-refractivity contribution in [2.75, 3.05) is 10.6 Å². The van der Waals surface area contributed by atoms with Crippen LogP contribution in [0.4, 0.5) is 16.0 Å². The molecule has 0 saturated carbocycles. The van der Waals surface area contributed by atoms with Crippen LogP contribution in [0.15, 0.2) is 48.8 Å². The number of carbonyl (C=O) groups is 1. The van der Waals surface area contributed by atoms with E-state index in [-0.39, 0.29) is 23.0 Å². The molecule has 0 fully saturated rings. The van der Waals surface area contributed by atoms with Crippen molar-refractivity contribution in [3.05, 3.63) is 60.4 Å². The molecule has 3 rings (SSSR count). The van der Waals surface area contributed by atoms with Crippen LogP contribution in [-0.2, 0) is 10.0 Å². The molecule has 9 nitrogen and oxygen atoms in total. The van der Waals surface area contributed by atoms with Gasteiger partial charge in [-0.1, -0.05) is 30.3 Å². The lowest BCUT2D eigenvalue weighted by Crippen LogP contribution is -2.30. The minimum Gasteiger partial charge on any atom is -0.365 e. The minimum absolute atomic E-state index is 0.152. The second-order valence-electron chi connectivity index (χ2n) is 5.37. The molecule has 0 spiro atoms. The number of benzene rings is 1. The molecule has 11 heteroatoms. The lowest BCUT2D eigenvalue weighted by Gasteiger charge is -2.22. The molecule has 1 aromatic carbocycles. The van der Waals surface area contributed by atoms with E-state index in [0.29, 0.717) is 9.87 Å². The first-order valence-corrected chi connectivity index (χ1v) is 9.33. The molecule has 1 amide bonds. The number of carbonyl (C=O) groups excluding carboxylic acids is 1. The molecule has 2 N–H and O–H groups in total. The topological polar surface area (TPSA) is 132 Å². The number of aromatic nitrogens is 4. The van der Waals surface area contributed by atoms with E-state index in [2.05, 4.69) is 19.9 Å². The Bertz CT molecular complexity index is 1110. The predicted octanol–water partition coefficient (Wildman–Crippen LogP) is 1.27. The van der Waals surface area contributed by atoms with Crippen molar-refractivity contribution < 1.29 is 17.6 Å². The summed E-state index contributed by atoms with van der Waals surface area (Å²) in [7, 11) is -4.06. The maximum Gasteiger partial charge on any atom is 0.310 e. The quantitative estimate of drug-likeness (QED) is 0.651. The van der Waals surface area contributed by atoms with Gasteiger partial charge in [0.25, 0.3) is 5.91 Å². The van der Waals surface area contributed by atoms with Crippen molar-refractivity contribution in [3.8, 4) is 11.4 Å². The Labute approximate surface area is 153 Å². The lowest BCUT2D eigenvalue weighted by atomic mass is 10.2. The highest BCUT2D eigenvalue weighted by molar-refractivity contribution is 7.92. The fourth-order valence-corrected chi connectivity index (χ4v) is 3.20. The molecule has 0 aliphatic carbocycles. The Morgan fingerprint density at radius 2 is 1.81 bits per heavy atom. The number of sulfonamides is 1. The molecule has 2 aromatic heterocycles. The zero-order valence-corrected chi connectivity index (χ0v) is 14.8. The third kappa shape index (κ3) is 3.87. The number of nitrogens with zero attached hydrogens (tertiary/aromatic N) is 5. The third-order valence-corrected chi connectivity index (χ3v) is 4.43. The molecule has 0 atom stereocenters. The SMILES string of the molecule is CS(=O)(=O)N(c1ccnc(F)n1)c1nc(-c2ccccc2)ncc1C(N)=O. The molecule has 138 valence electrons. The van der Waals surface area contributed by atoms with Gasteiger partial charge in [-0.05, 0) is 0 Å². The molecule has 0 aliphatic heterocycles. The number of hydrogen-bond acceptors (Lipinski definition) is 7.